The third kappa shape index (κ3) is 4.14. The highest BCUT2D eigenvalue weighted by Crippen LogP contribution is 2.29. The van der Waals surface area contributed by atoms with Crippen molar-refractivity contribution < 1.29 is 20.4 Å². The van der Waals surface area contributed by atoms with Crippen LogP contribution in [0.3, 0.4) is 0 Å². The van der Waals surface area contributed by atoms with Crippen molar-refractivity contribution in [1.82, 2.24) is 0 Å². The second kappa shape index (κ2) is 7.91. The Morgan fingerprint density at radius 1 is 0.654 bits per heavy atom. The average molecular weight is 354 g/mol. The maximum atomic E-state index is 9.79. The van der Waals surface area contributed by atoms with E-state index in [0.717, 1.165) is 25.7 Å². The molecule has 0 radical (unpaired) electrons. The maximum absolute atomic E-state index is 9.79. The van der Waals surface area contributed by atoms with E-state index >= 15 is 0 Å². The van der Waals surface area contributed by atoms with Crippen LogP contribution in [0.2, 0.25) is 0 Å². The molecule has 0 bridgehead atoms. The van der Waals surface area contributed by atoms with Gasteiger partial charge in [-0.25, -0.2) is 0 Å². The van der Waals surface area contributed by atoms with Crippen LogP contribution in [0.1, 0.15) is 36.8 Å². The minimum atomic E-state index is -0.152. The first-order valence-electron chi connectivity index (χ1n) is 8.63. The van der Waals surface area contributed by atoms with Gasteiger partial charge in [0.15, 0.2) is 23.0 Å². The van der Waals surface area contributed by atoms with Gasteiger partial charge in [-0.3, -0.25) is 9.98 Å². The molecule has 0 atom stereocenters. The largest absolute Gasteiger partial charge is 0.504 e. The van der Waals surface area contributed by atoms with Crippen molar-refractivity contribution >= 4 is 12.4 Å². The first kappa shape index (κ1) is 17.8. The Bertz CT molecular complexity index is 755. The van der Waals surface area contributed by atoms with Gasteiger partial charge < -0.3 is 20.4 Å². The fourth-order valence-electron chi connectivity index (χ4n) is 3.03. The Morgan fingerprint density at radius 3 is 1.42 bits per heavy atom. The Labute approximate surface area is 151 Å². The van der Waals surface area contributed by atoms with E-state index in [1.54, 1.807) is 36.7 Å². The first-order chi connectivity index (χ1) is 12.5. The number of aliphatic imine (C=N–C) groups is 2. The minimum Gasteiger partial charge on any atom is -0.504 e. The van der Waals surface area contributed by atoms with E-state index in [9.17, 15) is 20.4 Å². The number of para-hydroxylation sites is 2. The SMILES string of the molecule is Oc1cccc(C=NC2CCC(N=Cc3cccc(O)c3O)CC2)c1O. The highest BCUT2D eigenvalue weighted by atomic mass is 16.3. The summed E-state index contributed by atoms with van der Waals surface area (Å²) < 4.78 is 0. The number of phenolic OH excluding ortho intramolecular Hbond substituents is 4. The van der Waals surface area contributed by atoms with Gasteiger partial charge in [0.2, 0.25) is 0 Å². The normalized spacial score (nSPS) is 20.8. The summed E-state index contributed by atoms with van der Waals surface area (Å²) >= 11 is 0. The molecule has 1 aliphatic rings. The van der Waals surface area contributed by atoms with Gasteiger partial charge in [0.1, 0.15) is 0 Å². The number of nitrogens with zero attached hydrogens (tertiary/aromatic N) is 2. The molecule has 2 aromatic rings. The average Bonchev–Trinajstić information content (AvgIpc) is 2.65. The number of hydrogen-bond donors (Lipinski definition) is 4. The molecular formula is C20H22N2O4. The second-order valence-electron chi connectivity index (χ2n) is 6.45. The van der Waals surface area contributed by atoms with Gasteiger partial charge in [-0.15, -0.1) is 0 Å². The molecule has 6 heteroatoms. The van der Waals surface area contributed by atoms with Crippen LogP contribution >= 0.6 is 0 Å². The monoisotopic (exact) mass is 354 g/mol. The van der Waals surface area contributed by atoms with Gasteiger partial charge in [-0.2, -0.15) is 0 Å². The van der Waals surface area contributed by atoms with Crippen LogP contribution in [0.4, 0.5) is 0 Å². The van der Waals surface area contributed by atoms with Crippen molar-refractivity contribution in [3.63, 3.8) is 0 Å². The lowest BCUT2D eigenvalue weighted by Gasteiger charge is -2.23. The predicted octanol–water partition coefficient (Wildman–Crippen LogP) is 3.36. The summed E-state index contributed by atoms with van der Waals surface area (Å²) in [5, 5.41) is 38.6. The van der Waals surface area contributed by atoms with Crippen LogP contribution in [-0.4, -0.2) is 44.9 Å². The zero-order valence-corrected chi connectivity index (χ0v) is 14.3. The molecule has 0 spiro atoms. The van der Waals surface area contributed by atoms with Gasteiger partial charge in [-0.05, 0) is 49.9 Å². The molecule has 0 aliphatic heterocycles. The standard InChI is InChI=1S/C20H22N2O4/c23-17-5-1-3-13(19(17)25)11-21-15-7-9-16(10-8-15)22-12-14-4-2-6-18(24)20(14)26/h1-6,11-12,15-16,23-26H,7-10H2. The Kier molecular flexibility index (Phi) is 5.41. The molecule has 26 heavy (non-hydrogen) atoms. The highest BCUT2D eigenvalue weighted by Gasteiger charge is 2.19. The Morgan fingerprint density at radius 2 is 1.04 bits per heavy atom. The van der Waals surface area contributed by atoms with E-state index in [-0.39, 0.29) is 35.1 Å². The molecule has 0 amide bonds. The van der Waals surface area contributed by atoms with Crippen molar-refractivity contribution in [3.05, 3.63) is 47.5 Å². The van der Waals surface area contributed by atoms with Crippen LogP contribution in [0.5, 0.6) is 23.0 Å². The fourth-order valence-corrected chi connectivity index (χ4v) is 3.03. The summed E-state index contributed by atoms with van der Waals surface area (Å²) in [4.78, 5) is 9.03. The molecule has 0 saturated heterocycles. The summed E-state index contributed by atoms with van der Waals surface area (Å²) in [5.74, 6) is -0.606. The van der Waals surface area contributed by atoms with E-state index in [2.05, 4.69) is 9.98 Å². The first-order valence-corrected chi connectivity index (χ1v) is 8.63. The molecule has 1 aliphatic carbocycles. The van der Waals surface area contributed by atoms with Gasteiger partial charge in [0, 0.05) is 23.6 Å². The fraction of sp³-hybridized carbons (Fsp3) is 0.300. The molecule has 1 fully saturated rings. The van der Waals surface area contributed by atoms with E-state index in [4.69, 9.17) is 0 Å². The topological polar surface area (TPSA) is 106 Å². The van der Waals surface area contributed by atoms with Crippen LogP contribution < -0.4 is 0 Å². The molecule has 0 heterocycles. The molecule has 2 aromatic carbocycles. The minimum absolute atomic E-state index is 0.151. The summed E-state index contributed by atoms with van der Waals surface area (Å²) in [5.41, 5.74) is 1.01. The number of hydrogen-bond acceptors (Lipinski definition) is 6. The lowest BCUT2D eigenvalue weighted by atomic mass is 9.92. The number of phenols is 4. The Hall–Kier alpha value is -3.02. The van der Waals surface area contributed by atoms with Crippen LogP contribution in [0.25, 0.3) is 0 Å². The summed E-state index contributed by atoms with van der Waals surface area (Å²) in [6.07, 6.45) is 6.73. The van der Waals surface area contributed by atoms with Crippen molar-refractivity contribution in [2.45, 2.75) is 37.8 Å². The molecule has 6 nitrogen and oxygen atoms in total. The lowest BCUT2D eigenvalue weighted by Crippen LogP contribution is -2.20. The predicted molar refractivity (Wildman–Crippen MR) is 101 cm³/mol. The molecule has 3 rings (SSSR count). The zero-order chi connectivity index (χ0) is 18.5. The molecule has 0 unspecified atom stereocenters. The van der Waals surface area contributed by atoms with Crippen LogP contribution in [0.15, 0.2) is 46.4 Å². The third-order valence-electron chi connectivity index (χ3n) is 4.61. The third-order valence-corrected chi connectivity index (χ3v) is 4.61. The Balaban J connectivity index is 1.56. The molecular weight excluding hydrogens is 332 g/mol. The smallest absolute Gasteiger partial charge is 0.166 e. The molecule has 4 N–H and O–H groups in total. The van der Waals surface area contributed by atoms with E-state index in [1.807, 2.05) is 0 Å². The molecule has 1 saturated carbocycles. The second-order valence-corrected chi connectivity index (χ2v) is 6.45. The van der Waals surface area contributed by atoms with Gasteiger partial charge >= 0.3 is 0 Å². The highest BCUT2D eigenvalue weighted by molar-refractivity contribution is 5.85. The van der Waals surface area contributed by atoms with Gasteiger partial charge in [0.05, 0.1) is 12.1 Å². The lowest BCUT2D eigenvalue weighted by molar-refractivity contribution is 0.397. The van der Waals surface area contributed by atoms with Crippen LogP contribution in [0, 0.1) is 0 Å². The molecule has 136 valence electrons. The van der Waals surface area contributed by atoms with Gasteiger partial charge in [0.25, 0.3) is 0 Å². The van der Waals surface area contributed by atoms with Crippen molar-refractivity contribution in [2.75, 3.05) is 0 Å². The van der Waals surface area contributed by atoms with Crippen LogP contribution in [-0.2, 0) is 0 Å². The van der Waals surface area contributed by atoms with Crippen molar-refractivity contribution in [1.29, 1.82) is 0 Å². The van der Waals surface area contributed by atoms with E-state index in [0.29, 0.717) is 11.1 Å². The summed E-state index contributed by atoms with van der Waals surface area (Å²) in [6.45, 7) is 0. The quantitative estimate of drug-likeness (QED) is 0.499. The maximum Gasteiger partial charge on any atom is 0.166 e. The van der Waals surface area contributed by atoms with Crippen molar-refractivity contribution in [2.24, 2.45) is 9.98 Å². The van der Waals surface area contributed by atoms with E-state index < -0.39 is 0 Å². The van der Waals surface area contributed by atoms with Gasteiger partial charge in [-0.1, -0.05) is 12.1 Å². The summed E-state index contributed by atoms with van der Waals surface area (Å²) in [7, 11) is 0. The van der Waals surface area contributed by atoms with Crippen molar-refractivity contribution in [3.8, 4) is 23.0 Å². The zero-order valence-electron chi connectivity index (χ0n) is 14.3. The number of aromatic hydroxyl groups is 4. The number of rotatable bonds is 4. The van der Waals surface area contributed by atoms with E-state index in [1.165, 1.54) is 12.1 Å². The summed E-state index contributed by atoms with van der Waals surface area (Å²) in [6, 6.07) is 9.93. The number of benzene rings is 2. The molecule has 0 aromatic heterocycles.